The molecule has 21 heavy (non-hydrogen) atoms. The Labute approximate surface area is 125 Å². The van der Waals surface area contributed by atoms with Crippen molar-refractivity contribution in [2.75, 3.05) is 13.1 Å². The third-order valence-corrected chi connectivity index (χ3v) is 4.89. The average Bonchev–Trinajstić information content (AvgIpc) is 2.78. The lowest BCUT2D eigenvalue weighted by Gasteiger charge is -2.33. The maximum Gasteiger partial charge on any atom is 0.232 e. The quantitative estimate of drug-likeness (QED) is 0.907. The first-order valence-electron chi connectivity index (χ1n) is 7.79. The van der Waals surface area contributed by atoms with E-state index in [1.807, 2.05) is 18.7 Å². The minimum absolute atomic E-state index is 0.0296. The van der Waals surface area contributed by atoms with Crippen molar-refractivity contribution in [3.05, 3.63) is 35.6 Å². The predicted molar refractivity (Wildman–Crippen MR) is 80.6 cm³/mol. The Morgan fingerprint density at radius 2 is 1.95 bits per heavy atom. The molecule has 0 saturated carbocycles. The first kappa shape index (κ1) is 14.5. The van der Waals surface area contributed by atoms with Gasteiger partial charge in [-0.25, -0.2) is 4.39 Å². The number of benzene rings is 1. The summed E-state index contributed by atoms with van der Waals surface area (Å²) in [5, 5.41) is 3.57. The number of amides is 1. The summed E-state index contributed by atoms with van der Waals surface area (Å²) in [5.41, 5.74) is -0.341. The summed E-state index contributed by atoms with van der Waals surface area (Å²) in [6, 6.07) is 7.54. The summed E-state index contributed by atoms with van der Waals surface area (Å²) < 4.78 is 14.1. The third kappa shape index (κ3) is 2.69. The van der Waals surface area contributed by atoms with Crippen LogP contribution in [0.15, 0.2) is 24.3 Å². The van der Waals surface area contributed by atoms with Crippen LogP contribution in [0.2, 0.25) is 0 Å². The van der Waals surface area contributed by atoms with E-state index in [1.54, 1.807) is 18.2 Å². The molecule has 2 atom stereocenters. The van der Waals surface area contributed by atoms with Crippen molar-refractivity contribution < 1.29 is 9.18 Å². The van der Waals surface area contributed by atoms with Gasteiger partial charge in [0.25, 0.3) is 0 Å². The van der Waals surface area contributed by atoms with E-state index in [1.165, 1.54) is 12.5 Å². The van der Waals surface area contributed by atoms with Gasteiger partial charge in [-0.3, -0.25) is 4.79 Å². The fraction of sp³-hybridized carbons (Fsp3) is 0.588. The van der Waals surface area contributed by atoms with Crippen LogP contribution in [0.25, 0.3) is 0 Å². The lowest BCUT2D eigenvalue weighted by atomic mass is 9.82. The summed E-state index contributed by atoms with van der Waals surface area (Å²) in [7, 11) is 0. The fourth-order valence-corrected chi connectivity index (χ4v) is 3.61. The summed E-state index contributed by atoms with van der Waals surface area (Å²) >= 11 is 0. The molecule has 1 N–H and O–H groups in total. The Balaban J connectivity index is 1.82. The Hall–Kier alpha value is -1.42. The maximum atomic E-state index is 14.1. The van der Waals surface area contributed by atoms with E-state index in [0.29, 0.717) is 17.6 Å². The first-order valence-corrected chi connectivity index (χ1v) is 7.79. The first-order chi connectivity index (χ1) is 9.98. The second-order valence-electron chi connectivity index (χ2n) is 6.78. The molecule has 1 amide bonds. The number of hydrogen-bond acceptors (Lipinski definition) is 2. The Morgan fingerprint density at radius 3 is 2.71 bits per heavy atom. The van der Waals surface area contributed by atoms with Crippen LogP contribution in [-0.4, -0.2) is 36.0 Å². The molecule has 0 radical (unpaired) electrons. The van der Waals surface area contributed by atoms with E-state index in [0.717, 1.165) is 25.9 Å². The molecule has 4 heteroatoms. The molecule has 2 aliphatic heterocycles. The second-order valence-corrected chi connectivity index (χ2v) is 6.78. The number of nitrogens with zero attached hydrogens (tertiary/aromatic N) is 1. The second kappa shape index (κ2) is 5.41. The molecule has 114 valence electrons. The van der Waals surface area contributed by atoms with Gasteiger partial charge >= 0.3 is 0 Å². The highest BCUT2D eigenvalue weighted by Gasteiger charge is 2.39. The van der Waals surface area contributed by atoms with E-state index in [9.17, 15) is 9.18 Å². The molecule has 0 spiro atoms. The number of likely N-dealkylation sites (tertiary alicyclic amines) is 1. The van der Waals surface area contributed by atoms with Crippen molar-refractivity contribution in [3.63, 3.8) is 0 Å². The van der Waals surface area contributed by atoms with Crippen LogP contribution in [0.1, 0.15) is 38.7 Å². The lowest BCUT2D eigenvalue weighted by Crippen LogP contribution is -2.47. The van der Waals surface area contributed by atoms with Crippen molar-refractivity contribution in [2.24, 2.45) is 0 Å². The number of fused-ring (bicyclic) bond motifs is 2. The predicted octanol–water partition coefficient (Wildman–Crippen LogP) is 2.46. The van der Waals surface area contributed by atoms with Crippen LogP contribution in [0.3, 0.4) is 0 Å². The molecule has 2 aliphatic rings. The fourth-order valence-electron chi connectivity index (χ4n) is 3.61. The number of carbonyl (C=O) groups excluding carboxylic acids is 1. The van der Waals surface area contributed by atoms with Crippen molar-refractivity contribution in [3.8, 4) is 0 Å². The van der Waals surface area contributed by atoms with E-state index in [-0.39, 0.29) is 11.7 Å². The van der Waals surface area contributed by atoms with Crippen LogP contribution in [0.5, 0.6) is 0 Å². The van der Waals surface area contributed by atoms with Crippen molar-refractivity contribution in [1.82, 2.24) is 10.2 Å². The molecule has 2 bridgehead atoms. The van der Waals surface area contributed by atoms with Crippen molar-refractivity contribution >= 4 is 5.91 Å². The zero-order chi connectivity index (χ0) is 15.0. The minimum atomic E-state index is -0.824. The highest BCUT2D eigenvalue weighted by atomic mass is 19.1. The Morgan fingerprint density at radius 1 is 1.24 bits per heavy atom. The summed E-state index contributed by atoms with van der Waals surface area (Å²) in [6.07, 6.45) is 3.34. The van der Waals surface area contributed by atoms with Gasteiger partial charge in [-0.2, -0.15) is 0 Å². The molecule has 3 rings (SSSR count). The van der Waals surface area contributed by atoms with Gasteiger partial charge in [0.15, 0.2) is 0 Å². The molecule has 3 nitrogen and oxygen atoms in total. The van der Waals surface area contributed by atoms with Gasteiger partial charge < -0.3 is 10.2 Å². The smallest absolute Gasteiger partial charge is 0.232 e. The van der Waals surface area contributed by atoms with Gasteiger partial charge in [0, 0.05) is 30.7 Å². The molecular weight excluding hydrogens is 267 g/mol. The largest absolute Gasteiger partial charge is 0.340 e. The molecular formula is C17H23FN2O. The number of rotatable bonds is 2. The summed E-state index contributed by atoms with van der Waals surface area (Å²) in [6.45, 7) is 5.16. The molecule has 1 aromatic rings. The summed E-state index contributed by atoms with van der Waals surface area (Å²) in [4.78, 5) is 14.9. The van der Waals surface area contributed by atoms with E-state index in [4.69, 9.17) is 0 Å². The van der Waals surface area contributed by atoms with Gasteiger partial charge in [0.1, 0.15) is 5.82 Å². The zero-order valence-corrected chi connectivity index (χ0v) is 12.7. The average molecular weight is 290 g/mol. The van der Waals surface area contributed by atoms with E-state index >= 15 is 0 Å². The van der Waals surface area contributed by atoms with Crippen LogP contribution in [0.4, 0.5) is 4.39 Å². The Kier molecular flexibility index (Phi) is 3.74. The van der Waals surface area contributed by atoms with Crippen LogP contribution in [-0.2, 0) is 10.2 Å². The number of carbonyl (C=O) groups is 1. The number of hydrogen-bond donors (Lipinski definition) is 1. The maximum absolute atomic E-state index is 14.1. The van der Waals surface area contributed by atoms with Crippen molar-refractivity contribution in [2.45, 2.75) is 50.6 Å². The molecule has 0 aliphatic carbocycles. The van der Waals surface area contributed by atoms with Crippen LogP contribution in [0, 0.1) is 5.82 Å². The monoisotopic (exact) mass is 290 g/mol. The molecule has 1 aromatic carbocycles. The molecule has 2 heterocycles. The molecule has 2 unspecified atom stereocenters. The standard InChI is InChI=1S/C17H23FN2O/c1-17(2,14-5-3-4-6-15(14)18)16(21)20-10-9-12-7-8-13(11-20)19-12/h3-6,12-13,19H,7-11H2,1-2H3. The highest BCUT2D eigenvalue weighted by Crippen LogP contribution is 2.30. The molecule has 0 aromatic heterocycles. The van der Waals surface area contributed by atoms with E-state index in [2.05, 4.69) is 5.32 Å². The van der Waals surface area contributed by atoms with E-state index < -0.39 is 5.41 Å². The zero-order valence-electron chi connectivity index (χ0n) is 12.7. The van der Waals surface area contributed by atoms with Gasteiger partial charge in [-0.1, -0.05) is 18.2 Å². The van der Waals surface area contributed by atoms with Gasteiger partial charge in [-0.15, -0.1) is 0 Å². The SMILES string of the molecule is CC(C)(C(=O)N1CCC2CCC(C1)N2)c1ccccc1F. The number of nitrogens with one attached hydrogen (secondary N) is 1. The molecule has 2 saturated heterocycles. The third-order valence-electron chi connectivity index (χ3n) is 4.89. The van der Waals surface area contributed by atoms with Crippen molar-refractivity contribution in [1.29, 1.82) is 0 Å². The van der Waals surface area contributed by atoms with Crippen LogP contribution < -0.4 is 5.32 Å². The van der Waals surface area contributed by atoms with Gasteiger partial charge in [-0.05, 0) is 39.2 Å². The van der Waals surface area contributed by atoms with Crippen LogP contribution >= 0.6 is 0 Å². The topological polar surface area (TPSA) is 32.3 Å². The Bertz CT molecular complexity index is 543. The highest BCUT2D eigenvalue weighted by molar-refractivity contribution is 5.87. The van der Waals surface area contributed by atoms with Gasteiger partial charge in [0.05, 0.1) is 5.41 Å². The lowest BCUT2D eigenvalue weighted by molar-refractivity contribution is -0.136. The normalized spacial score (nSPS) is 25.8. The minimum Gasteiger partial charge on any atom is -0.340 e. The van der Waals surface area contributed by atoms with Gasteiger partial charge in [0.2, 0.25) is 5.91 Å². The molecule has 2 fully saturated rings. The number of halogens is 1. The summed E-state index contributed by atoms with van der Waals surface area (Å²) in [5.74, 6) is -0.271.